The van der Waals surface area contributed by atoms with E-state index in [0.717, 1.165) is 28.5 Å². The van der Waals surface area contributed by atoms with Gasteiger partial charge in [0.05, 0.1) is 14.2 Å². The largest absolute Gasteiger partial charge is 0.497 e. The van der Waals surface area contributed by atoms with E-state index < -0.39 is 5.91 Å². The molecule has 0 saturated heterocycles. The van der Waals surface area contributed by atoms with Gasteiger partial charge in [-0.2, -0.15) is 0 Å². The lowest BCUT2D eigenvalue weighted by molar-refractivity contribution is 0.0994. The highest BCUT2D eigenvalue weighted by Crippen LogP contribution is 2.27. The van der Waals surface area contributed by atoms with Gasteiger partial charge in [0.15, 0.2) is 5.76 Å². The molecule has 0 saturated carbocycles. The lowest BCUT2D eigenvalue weighted by Crippen LogP contribution is -2.14. The van der Waals surface area contributed by atoms with Gasteiger partial charge in [0.2, 0.25) is 5.95 Å². The predicted molar refractivity (Wildman–Crippen MR) is 101 cm³/mol. The molecule has 1 N–H and O–H groups in total. The van der Waals surface area contributed by atoms with Gasteiger partial charge in [-0.15, -0.1) is 0 Å². The van der Waals surface area contributed by atoms with Crippen LogP contribution in [0.3, 0.4) is 0 Å². The summed E-state index contributed by atoms with van der Waals surface area (Å²) in [5, 5.41) is 2.66. The third-order valence-corrected chi connectivity index (χ3v) is 3.95. The number of aromatic nitrogens is 2. The van der Waals surface area contributed by atoms with Gasteiger partial charge < -0.3 is 13.9 Å². The first-order chi connectivity index (χ1) is 13.0. The summed E-state index contributed by atoms with van der Waals surface area (Å²) < 4.78 is 16.3. The maximum atomic E-state index is 12.4. The third kappa shape index (κ3) is 4.44. The van der Waals surface area contributed by atoms with Crippen molar-refractivity contribution in [2.75, 3.05) is 19.5 Å². The Balaban J connectivity index is 1.75. The van der Waals surface area contributed by atoms with Crippen molar-refractivity contribution in [3.05, 3.63) is 64.9 Å². The number of benzene rings is 1. The van der Waals surface area contributed by atoms with Crippen molar-refractivity contribution in [2.45, 2.75) is 20.3 Å². The zero-order chi connectivity index (χ0) is 19.4. The summed E-state index contributed by atoms with van der Waals surface area (Å²) in [5.74, 6) is 2.13. The number of nitrogens with one attached hydrogen (secondary N) is 1. The first kappa shape index (κ1) is 18.4. The number of furan rings is 1. The number of aryl methyl sites for hydroxylation is 2. The molecule has 0 bridgehead atoms. The minimum Gasteiger partial charge on any atom is -0.497 e. The molecular formula is C20H21N3O4. The SMILES string of the molecule is COc1ccc(OC)c(Cc2ccc(C(=O)Nc3nc(C)cc(C)n3)o2)c1. The second kappa shape index (κ2) is 7.90. The number of anilines is 1. The number of ether oxygens (including phenoxy) is 2. The summed E-state index contributed by atoms with van der Waals surface area (Å²) >= 11 is 0. The molecule has 0 atom stereocenters. The van der Waals surface area contributed by atoms with E-state index >= 15 is 0 Å². The molecule has 2 aromatic heterocycles. The van der Waals surface area contributed by atoms with Crippen LogP contribution in [0, 0.1) is 13.8 Å². The van der Waals surface area contributed by atoms with E-state index in [1.54, 1.807) is 26.4 Å². The normalized spacial score (nSPS) is 10.5. The number of nitrogens with zero attached hydrogens (tertiary/aromatic N) is 2. The minimum atomic E-state index is -0.399. The first-order valence-corrected chi connectivity index (χ1v) is 8.41. The maximum absolute atomic E-state index is 12.4. The lowest BCUT2D eigenvalue weighted by Gasteiger charge is -2.09. The van der Waals surface area contributed by atoms with E-state index in [-0.39, 0.29) is 11.7 Å². The van der Waals surface area contributed by atoms with E-state index in [4.69, 9.17) is 13.9 Å². The zero-order valence-electron chi connectivity index (χ0n) is 15.7. The molecule has 0 aliphatic heterocycles. The van der Waals surface area contributed by atoms with Gasteiger partial charge in [-0.05, 0) is 50.2 Å². The molecule has 1 amide bonds. The molecule has 0 radical (unpaired) electrons. The van der Waals surface area contributed by atoms with Crippen LogP contribution in [0.1, 0.15) is 33.3 Å². The van der Waals surface area contributed by atoms with Crippen molar-refractivity contribution >= 4 is 11.9 Å². The Labute approximate surface area is 157 Å². The third-order valence-electron chi connectivity index (χ3n) is 3.95. The van der Waals surface area contributed by atoms with Gasteiger partial charge in [-0.25, -0.2) is 9.97 Å². The van der Waals surface area contributed by atoms with Gasteiger partial charge in [0.25, 0.3) is 5.91 Å². The van der Waals surface area contributed by atoms with Gasteiger partial charge in [0, 0.05) is 23.4 Å². The molecule has 3 aromatic rings. The molecule has 0 spiro atoms. The number of carbonyl (C=O) groups excluding carboxylic acids is 1. The Bertz CT molecular complexity index is 945. The Morgan fingerprint density at radius 3 is 2.44 bits per heavy atom. The molecule has 27 heavy (non-hydrogen) atoms. The summed E-state index contributed by atoms with van der Waals surface area (Å²) in [7, 11) is 3.21. The summed E-state index contributed by atoms with van der Waals surface area (Å²) in [5.41, 5.74) is 2.46. The minimum absolute atomic E-state index is 0.189. The molecular weight excluding hydrogens is 346 g/mol. The van der Waals surface area contributed by atoms with Gasteiger partial charge in [-0.3, -0.25) is 10.1 Å². The average molecular weight is 367 g/mol. The Morgan fingerprint density at radius 1 is 1.04 bits per heavy atom. The molecule has 140 valence electrons. The Kier molecular flexibility index (Phi) is 5.40. The number of hydrogen-bond donors (Lipinski definition) is 1. The van der Waals surface area contributed by atoms with Crippen molar-refractivity contribution < 1.29 is 18.7 Å². The monoisotopic (exact) mass is 367 g/mol. The smallest absolute Gasteiger partial charge is 0.293 e. The fourth-order valence-corrected chi connectivity index (χ4v) is 2.75. The predicted octanol–water partition coefficient (Wildman–Crippen LogP) is 3.55. The van der Waals surface area contributed by atoms with Gasteiger partial charge in [0.1, 0.15) is 17.3 Å². The van der Waals surface area contributed by atoms with Crippen molar-refractivity contribution in [1.29, 1.82) is 0 Å². The molecule has 0 aliphatic carbocycles. The van der Waals surface area contributed by atoms with Crippen LogP contribution in [-0.2, 0) is 6.42 Å². The van der Waals surface area contributed by atoms with Crippen molar-refractivity contribution in [3.63, 3.8) is 0 Å². The van der Waals surface area contributed by atoms with E-state index in [2.05, 4.69) is 15.3 Å². The van der Waals surface area contributed by atoms with E-state index in [1.807, 2.05) is 38.1 Å². The maximum Gasteiger partial charge on any atom is 0.293 e. The highest BCUT2D eigenvalue weighted by Gasteiger charge is 2.15. The fourth-order valence-electron chi connectivity index (χ4n) is 2.75. The van der Waals surface area contributed by atoms with Crippen LogP contribution in [0.4, 0.5) is 5.95 Å². The van der Waals surface area contributed by atoms with Crippen molar-refractivity contribution in [2.24, 2.45) is 0 Å². The second-order valence-electron chi connectivity index (χ2n) is 6.05. The first-order valence-electron chi connectivity index (χ1n) is 8.41. The van der Waals surface area contributed by atoms with Crippen LogP contribution >= 0.6 is 0 Å². The van der Waals surface area contributed by atoms with Crippen LogP contribution < -0.4 is 14.8 Å². The second-order valence-corrected chi connectivity index (χ2v) is 6.05. The summed E-state index contributed by atoms with van der Waals surface area (Å²) in [6.07, 6.45) is 0.466. The highest BCUT2D eigenvalue weighted by atomic mass is 16.5. The number of methoxy groups -OCH3 is 2. The van der Waals surface area contributed by atoms with E-state index in [0.29, 0.717) is 12.2 Å². The standard InChI is InChI=1S/C20H21N3O4/c1-12-9-13(2)22-20(21-12)23-19(24)18-8-6-16(27-18)11-14-10-15(25-3)5-7-17(14)26-4/h5-10H,11H2,1-4H3,(H,21,22,23,24). The van der Waals surface area contributed by atoms with Crippen LogP contribution in [0.25, 0.3) is 0 Å². The van der Waals surface area contributed by atoms with Crippen LogP contribution in [0.5, 0.6) is 11.5 Å². The van der Waals surface area contributed by atoms with Crippen LogP contribution in [-0.4, -0.2) is 30.1 Å². The fraction of sp³-hybridized carbons (Fsp3) is 0.250. The van der Waals surface area contributed by atoms with E-state index in [1.165, 1.54) is 0 Å². The zero-order valence-corrected chi connectivity index (χ0v) is 15.7. The number of hydrogen-bond acceptors (Lipinski definition) is 6. The summed E-state index contributed by atoms with van der Waals surface area (Å²) in [6.45, 7) is 3.69. The molecule has 0 unspecified atom stereocenters. The summed E-state index contributed by atoms with van der Waals surface area (Å²) in [6, 6.07) is 10.8. The topological polar surface area (TPSA) is 86.5 Å². The molecule has 0 aliphatic rings. The van der Waals surface area contributed by atoms with Gasteiger partial charge >= 0.3 is 0 Å². The number of carbonyl (C=O) groups is 1. The molecule has 3 rings (SSSR count). The quantitative estimate of drug-likeness (QED) is 0.717. The molecule has 7 nitrogen and oxygen atoms in total. The average Bonchev–Trinajstić information content (AvgIpc) is 3.09. The lowest BCUT2D eigenvalue weighted by atomic mass is 10.1. The molecule has 2 heterocycles. The molecule has 1 aromatic carbocycles. The van der Waals surface area contributed by atoms with Crippen molar-refractivity contribution in [3.8, 4) is 11.5 Å². The van der Waals surface area contributed by atoms with Gasteiger partial charge in [-0.1, -0.05) is 0 Å². The van der Waals surface area contributed by atoms with Crippen LogP contribution in [0.2, 0.25) is 0 Å². The Morgan fingerprint density at radius 2 is 1.78 bits per heavy atom. The highest BCUT2D eigenvalue weighted by molar-refractivity contribution is 6.01. The number of rotatable bonds is 6. The van der Waals surface area contributed by atoms with E-state index in [9.17, 15) is 4.79 Å². The molecule has 0 fully saturated rings. The van der Waals surface area contributed by atoms with Crippen molar-refractivity contribution in [1.82, 2.24) is 9.97 Å². The van der Waals surface area contributed by atoms with Crippen LogP contribution in [0.15, 0.2) is 40.8 Å². The Hall–Kier alpha value is -3.35. The number of amides is 1. The summed E-state index contributed by atoms with van der Waals surface area (Å²) in [4.78, 5) is 20.8. The molecule has 7 heteroatoms.